The van der Waals surface area contributed by atoms with Crippen LogP contribution < -0.4 is 4.74 Å². The van der Waals surface area contributed by atoms with Crippen LogP contribution in [0, 0.1) is 23.6 Å². The number of hydrogen-bond donors (Lipinski definition) is 0. The van der Waals surface area contributed by atoms with E-state index in [-0.39, 0.29) is 0 Å². The van der Waals surface area contributed by atoms with E-state index in [4.69, 9.17) is 0 Å². The largest absolute Gasteiger partial charge is 0.432 e. The van der Waals surface area contributed by atoms with E-state index in [1.54, 1.807) is 6.07 Å². The van der Waals surface area contributed by atoms with Gasteiger partial charge in [0.2, 0.25) is 0 Å². The van der Waals surface area contributed by atoms with Gasteiger partial charge in [0.15, 0.2) is 11.6 Å². The minimum atomic E-state index is -3.03. The van der Waals surface area contributed by atoms with Gasteiger partial charge < -0.3 is 4.74 Å². The fourth-order valence-electron chi connectivity index (χ4n) is 6.23. The van der Waals surface area contributed by atoms with Gasteiger partial charge in [-0.1, -0.05) is 75.8 Å². The van der Waals surface area contributed by atoms with Crippen molar-refractivity contribution in [1.82, 2.24) is 0 Å². The van der Waals surface area contributed by atoms with Crippen LogP contribution in [0.5, 0.6) is 5.75 Å². The number of benzene rings is 2. The fraction of sp³-hybridized carbons (Fsp3) is 0.586. The van der Waals surface area contributed by atoms with E-state index in [0.29, 0.717) is 11.5 Å². The second-order valence-corrected chi connectivity index (χ2v) is 10.2. The SMILES string of the molecule is CCCCCCC1CC[C@@H]2C[C@H](c3ccc(-c4ccc(OC(F)F)c(F)c4)cc3)CC[C@@H]2C1. The molecule has 2 aliphatic rings. The highest BCUT2D eigenvalue weighted by atomic mass is 19.3. The number of halogens is 3. The molecule has 2 aromatic rings. The molecule has 33 heavy (non-hydrogen) atoms. The maximum Gasteiger partial charge on any atom is 0.387 e. The Morgan fingerprint density at radius 2 is 1.58 bits per heavy atom. The smallest absolute Gasteiger partial charge is 0.387 e. The Hall–Kier alpha value is -1.97. The Bertz CT molecular complexity index is 879. The molecule has 0 N–H and O–H groups in total. The lowest BCUT2D eigenvalue weighted by atomic mass is 9.63. The Labute approximate surface area is 196 Å². The summed E-state index contributed by atoms with van der Waals surface area (Å²) in [7, 11) is 0. The Balaban J connectivity index is 1.32. The van der Waals surface area contributed by atoms with Crippen LogP contribution in [0.15, 0.2) is 42.5 Å². The van der Waals surface area contributed by atoms with Gasteiger partial charge in [0.1, 0.15) is 0 Å². The van der Waals surface area contributed by atoms with Gasteiger partial charge in [-0.15, -0.1) is 0 Å². The highest BCUT2D eigenvalue weighted by Gasteiger charge is 2.35. The first kappa shape index (κ1) is 24.2. The van der Waals surface area contributed by atoms with Gasteiger partial charge in [0, 0.05) is 0 Å². The van der Waals surface area contributed by atoms with Crippen LogP contribution in [0.25, 0.3) is 11.1 Å². The van der Waals surface area contributed by atoms with Gasteiger partial charge in [0.05, 0.1) is 0 Å². The van der Waals surface area contributed by atoms with Gasteiger partial charge in [0.25, 0.3) is 0 Å². The average Bonchev–Trinajstić information content (AvgIpc) is 2.82. The lowest BCUT2D eigenvalue weighted by molar-refractivity contribution is -0.0521. The molecule has 1 nitrogen and oxygen atoms in total. The molecular weight excluding hydrogens is 421 g/mol. The van der Waals surface area contributed by atoms with Crippen molar-refractivity contribution in [3.63, 3.8) is 0 Å². The van der Waals surface area contributed by atoms with E-state index < -0.39 is 18.2 Å². The van der Waals surface area contributed by atoms with Crippen LogP contribution in [-0.4, -0.2) is 6.61 Å². The zero-order valence-electron chi connectivity index (χ0n) is 19.7. The molecule has 0 heterocycles. The highest BCUT2D eigenvalue weighted by molar-refractivity contribution is 5.64. The molecule has 4 heteroatoms. The molecule has 1 unspecified atom stereocenters. The van der Waals surface area contributed by atoms with Crippen LogP contribution >= 0.6 is 0 Å². The van der Waals surface area contributed by atoms with E-state index in [1.807, 2.05) is 12.1 Å². The van der Waals surface area contributed by atoms with Crippen LogP contribution in [0.3, 0.4) is 0 Å². The van der Waals surface area contributed by atoms with E-state index in [2.05, 4.69) is 23.8 Å². The third-order valence-corrected chi connectivity index (χ3v) is 8.05. The van der Waals surface area contributed by atoms with Crippen LogP contribution in [-0.2, 0) is 0 Å². The minimum Gasteiger partial charge on any atom is -0.432 e. The van der Waals surface area contributed by atoms with Crippen molar-refractivity contribution in [2.45, 2.75) is 90.1 Å². The van der Waals surface area contributed by atoms with E-state index in [0.717, 1.165) is 23.3 Å². The number of hydrogen-bond acceptors (Lipinski definition) is 1. The lowest BCUT2D eigenvalue weighted by Crippen LogP contribution is -2.30. The molecule has 2 aliphatic carbocycles. The molecule has 0 spiro atoms. The third kappa shape index (κ3) is 6.33. The molecule has 0 aromatic heterocycles. The van der Waals surface area contributed by atoms with Crippen molar-refractivity contribution in [2.24, 2.45) is 17.8 Å². The summed E-state index contributed by atoms with van der Waals surface area (Å²) < 4.78 is 43.0. The number of alkyl halides is 2. The zero-order valence-corrected chi connectivity index (χ0v) is 19.7. The van der Waals surface area contributed by atoms with Crippen LogP contribution in [0.4, 0.5) is 13.2 Å². The Morgan fingerprint density at radius 3 is 2.30 bits per heavy atom. The van der Waals surface area contributed by atoms with Gasteiger partial charge >= 0.3 is 6.61 Å². The molecule has 4 rings (SSSR count). The van der Waals surface area contributed by atoms with Crippen LogP contribution in [0.1, 0.15) is 89.0 Å². The third-order valence-electron chi connectivity index (χ3n) is 8.05. The van der Waals surface area contributed by atoms with Crippen molar-refractivity contribution in [1.29, 1.82) is 0 Å². The molecule has 2 fully saturated rings. The highest BCUT2D eigenvalue weighted by Crippen LogP contribution is 2.48. The predicted molar refractivity (Wildman–Crippen MR) is 128 cm³/mol. The first-order valence-corrected chi connectivity index (χ1v) is 12.9. The summed E-state index contributed by atoms with van der Waals surface area (Å²) in [4.78, 5) is 0. The fourth-order valence-corrected chi connectivity index (χ4v) is 6.23. The summed E-state index contributed by atoms with van der Waals surface area (Å²) in [5, 5.41) is 0. The van der Waals surface area contributed by atoms with Crippen molar-refractivity contribution < 1.29 is 17.9 Å². The first-order chi connectivity index (χ1) is 16.0. The number of rotatable bonds is 9. The molecule has 0 saturated heterocycles. The second kappa shape index (κ2) is 11.4. The molecule has 0 amide bonds. The Morgan fingerprint density at radius 1 is 0.848 bits per heavy atom. The maximum atomic E-state index is 14.1. The lowest BCUT2D eigenvalue weighted by Gasteiger charge is -2.42. The predicted octanol–water partition coefficient (Wildman–Crippen LogP) is 9.36. The summed E-state index contributed by atoms with van der Waals surface area (Å²) in [5.74, 6) is 2.17. The normalized spacial score (nSPS) is 25.1. The number of ether oxygens (including phenoxy) is 1. The Kier molecular flexibility index (Phi) is 8.38. The summed E-state index contributed by atoms with van der Waals surface area (Å²) in [6.45, 7) is -0.747. The molecule has 4 atom stereocenters. The van der Waals surface area contributed by atoms with E-state index >= 15 is 0 Å². The molecule has 180 valence electrons. The molecule has 0 aliphatic heterocycles. The summed E-state index contributed by atoms with van der Waals surface area (Å²) in [6, 6.07) is 12.5. The zero-order chi connectivity index (χ0) is 23.2. The van der Waals surface area contributed by atoms with E-state index in [1.165, 1.54) is 88.3 Å². The van der Waals surface area contributed by atoms with Crippen molar-refractivity contribution in [2.75, 3.05) is 0 Å². The van der Waals surface area contributed by atoms with Gasteiger partial charge in [-0.25, -0.2) is 4.39 Å². The number of fused-ring (bicyclic) bond motifs is 1. The molecular formula is C29H37F3O. The topological polar surface area (TPSA) is 9.23 Å². The molecule has 0 bridgehead atoms. The average molecular weight is 459 g/mol. The van der Waals surface area contributed by atoms with Crippen LogP contribution in [0.2, 0.25) is 0 Å². The molecule has 2 aromatic carbocycles. The van der Waals surface area contributed by atoms with Crippen molar-refractivity contribution >= 4 is 0 Å². The standard InChI is InChI=1S/C29H37F3O/c1-2-3-4-5-6-20-7-8-25-18-24(14-13-23(25)17-20)21-9-11-22(12-10-21)26-15-16-28(27(30)19-26)33-29(31)32/h9-12,15-16,19-20,23-25,29H,2-8,13-14,17-18H2,1H3/t20?,23-,24-,25-/m1/s1. The summed E-state index contributed by atoms with van der Waals surface area (Å²) in [6.07, 6.45) is 15.1. The van der Waals surface area contributed by atoms with Gasteiger partial charge in [-0.3, -0.25) is 0 Å². The van der Waals surface area contributed by atoms with Crippen molar-refractivity contribution in [3.05, 3.63) is 53.8 Å². The summed E-state index contributed by atoms with van der Waals surface area (Å²) >= 11 is 0. The van der Waals surface area contributed by atoms with Gasteiger partial charge in [-0.2, -0.15) is 8.78 Å². The number of unbranched alkanes of at least 4 members (excludes halogenated alkanes) is 3. The molecule has 2 saturated carbocycles. The van der Waals surface area contributed by atoms with E-state index in [9.17, 15) is 13.2 Å². The first-order valence-electron chi connectivity index (χ1n) is 12.9. The quantitative estimate of drug-likeness (QED) is 0.340. The minimum absolute atomic E-state index is 0.419. The molecule has 0 radical (unpaired) electrons. The van der Waals surface area contributed by atoms with Gasteiger partial charge in [-0.05, 0) is 84.6 Å². The maximum absolute atomic E-state index is 14.1. The van der Waals surface area contributed by atoms with Crippen molar-refractivity contribution in [3.8, 4) is 16.9 Å². The second-order valence-electron chi connectivity index (χ2n) is 10.2. The monoisotopic (exact) mass is 458 g/mol. The summed E-state index contributed by atoms with van der Waals surface area (Å²) in [5.41, 5.74) is 2.93.